The van der Waals surface area contributed by atoms with E-state index in [1.807, 2.05) is 13.8 Å². The van der Waals surface area contributed by atoms with E-state index in [0.29, 0.717) is 31.5 Å². The first-order valence-electron chi connectivity index (χ1n) is 17.9. The molecule has 19 heteroatoms. The molecule has 1 heterocycles. The molecule has 0 aliphatic rings. The first-order valence-corrected chi connectivity index (χ1v) is 17.9. The summed E-state index contributed by atoms with van der Waals surface area (Å²) in [6, 6.07) is -7.27. The number of aromatic amines is 1. The third kappa shape index (κ3) is 17.6. The maximum atomic E-state index is 13.8. The van der Waals surface area contributed by atoms with Crippen molar-refractivity contribution in [3.8, 4) is 0 Å². The van der Waals surface area contributed by atoms with Crippen molar-refractivity contribution in [2.24, 2.45) is 29.0 Å². The number of methoxy groups -OCH3 is 1. The summed E-state index contributed by atoms with van der Waals surface area (Å²) in [5.74, 6) is -5.35. The predicted molar refractivity (Wildman–Crippen MR) is 194 cm³/mol. The van der Waals surface area contributed by atoms with Crippen molar-refractivity contribution in [2.45, 2.75) is 128 Å². The fraction of sp³-hybridized carbons (Fsp3) is 0.706. The number of nitrogens with one attached hydrogen (secondary N) is 6. The molecule has 1 rings (SSSR count). The summed E-state index contributed by atoms with van der Waals surface area (Å²) in [6.07, 6.45) is 2.60. The van der Waals surface area contributed by atoms with Crippen LogP contribution in [0.2, 0.25) is 0 Å². The number of rotatable bonds is 25. The summed E-state index contributed by atoms with van der Waals surface area (Å²) in [6.45, 7) is 9.01. The molecular weight excluding hydrogens is 692 g/mol. The number of unbranched alkanes of at least 4 members (excludes halogenated alkanes) is 1. The van der Waals surface area contributed by atoms with Gasteiger partial charge in [-0.15, -0.1) is 0 Å². The first kappa shape index (κ1) is 46.4. The Hall–Kier alpha value is -4.62. The Morgan fingerprint density at radius 2 is 1.30 bits per heavy atom. The molecule has 0 aromatic carbocycles. The summed E-state index contributed by atoms with van der Waals surface area (Å²) < 4.78 is 4.64. The molecule has 13 N–H and O–H groups in total. The molecule has 19 nitrogen and oxygen atoms in total. The Bertz CT molecular complexity index is 1340. The van der Waals surface area contributed by atoms with Crippen LogP contribution < -0.4 is 43.8 Å². The van der Waals surface area contributed by atoms with Gasteiger partial charge in [0.05, 0.1) is 25.6 Å². The van der Waals surface area contributed by atoms with E-state index in [9.17, 15) is 38.7 Å². The molecule has 0 saturated carbocycles. The van der Waals surface area contributed by atoms with Gasteiger partial charge in [-0.3, -0.25) is 28.8 Å². The van der Waals surface area contributed by atoms with E-state index in [1.165, 1.54) is 19.4 Å². The molecule has 0 aliphatic carbocycles. The number of nitrogens with zero attached hydrogens (tertiary/aromatic N) is 1. The van der Waals surface area contributed by atoms with Crippen LogP contribution in [0.1, 0.15) is 85.3 Å². The zero-order valence-corrected chi connectivity index (χ0v) is 31.6. The smallest absolute Gasteiger partial charge is 0.331 e. The van der Waals surface area contributed by atoms with Crippen molar-refractivity contribution in [3.63, 3.8) is 0 Å². The monoisotopic (exact) mass is 752 g/mol. The zero-order valence-electron chi connectivity index (χ0n) is 31.6. The number of carbonyl (C=O) groups is 7. The molecule has 0 spiro atoms. The number of imidazole rings is 1. The number of ether oxygens (including phenoxy) is 1. The average Bonchev–Trinajstić information content (AvgIpc) is 3.59. The van der Waals surface area contributed by atoms with Crippen molar-refractivity contribution in [1.29, 1.82) is 0 Å². The molecule has 0 radical (unpaired) electrons. The zero-order chi connectivity index (χ0) is 40.2. The van der Waals surface area contributed by atoms with Crippen LogP contribution in [-0.4, -0.2) is 112 Å². The Morgan fingerprint density at radius 3 is 1.81 bits per heavy atom. The second-order valence-electron chi connectivity index (χ2n) is 13.9. The Kier molecular flexibility index (Phi) is 20.9. The molecule has 0 bridgehead atoms. The maximum Gasteiger partial charge on any atom is 0.331 e. The number of esters is 1. The Labute approximate surface area is 310 Å². The second kappa shape index (κ2) is 23.8. The van der Waals surface area contributed by atoms with Gasteiger partial charge < -0.3 is 58.6 Å². The summed E-state index contributed by atoms with van der Waals surface area (Å²) in [5, 5.41) is 23.0. The largest absolute Gasteiger partial charge is 0.467 e. The number of hydrogen-bond acceptors (Lipinski definition) is 12. The van der Waals surface area contributed by atoms with Gasteiger partial charge in [0, 0.05) is 24.7 Å². The molecule has 300 valence electrons. The van der Waals surface area contributed by atoms with Gasteiger partial charge in [-0.25, -0.2) is 9.78 Å². The van der Waals surface area contributed by atoms with Crippen LogP contribution in [0.25, 0.3) is 0 Å². The van der Waals surface area contributed by atoms with E-state index in [4.69, 9.17) is 17.2 Å². The summed E-state index contributed by atoms with van der Waals surface area (Å²) >= 11 is 0. The van der Waals surface area contributed by atoms with Crippen molar-refractivity contribution >= 4 is 41.4 Å². The minimum Gasteiger partial charge on any atom is -0.467 e. The van der Waals surface area contributed by atoms with Gasteiger partial charge in [0.25, 0.3) is 0 Å². The minimum atomic E-state index is -1.47. The topological polar surface area (TPSA) is 316 Å². The highest BCUT2D eigenvalue weighted by Crippen LogP contribution is 2.11. The molecule has 1 aromatic heterocycles. The lowest BCUT2D eigenvalue weighted by atomic mass is 10.0. The molecule has 0 fully saturated rings. The minimum absolute atomic E-state index is 0.0160. The third-order valence-electron chi connectivity index (χ3n) is 8.14. The molecule has 0 aliphatic heterocycles. The highest BCUT2D eigenvalue weighted by Gasteiger charge is 2.34. The van der Waals surface area contributed by atoms with Gasteiger partial charge >= 0.3 is 5.97 Å². The van der Waals surface area contributed by atoms with E-state index in [1.54, 1.807) is 13.8 Å². The highest BCUT2D eigenvalue weighted by atomic mass is 16.5. The van der Waals surface area contributed by atoms with Crippen LogP contribution in [0.4, 0.5) is 0 Å². The fourth-order valence-electron chi connectivity index (χ4n) is 5.31. The molecule has 6 amide bonds. The number of nitrogens with two attached hydrogens (primary N) is 3. The lowest BCUT2D eigenvalue weighted by molar-refractivity contribution is -0.148. The first-order chi connectivity index (χ1) is 24.9. The third-order valence-corrected chi connectivity index (χ3v) is 8.14. The summed E-state index contributed by atoms with van der Waals surface area (Å²) in [5.41, 5.74) is 17.6. The van der Waals surface area contributed by atoms with Gasteiger partial charge in [-0.05, 0) is 63.8 Å². The summed E-state index contributed by atoms with van der Waals surface area (Å²) in [7, 11) is 1.07. The van der Waals surface area contributed by atoms with Crippen LogP contribution in [0.15, 0.2) is 12.5 Å². The molecular formula is C34H60N10O9. The number of amides is 6. The van der Waals surface area contributed by atoms with Gasteiger partial charge in [0.1, 0.15) is 24.2 Å². The van der Waals surface area contributed by atoms with E-state index in [0.717, 1.165) is 7.11 Å². The van der Waals surface area contributed by atoms with Crippen LogP contribution >= 0.6 is 0 Å². The summed E-state index contributed by atoms with van der Waals surface area (Å²) in [4.78, 5) is 98.1. The molecule has 53 heavy (non-hydrogen) atoms. The van der Waals surface area contributed by atoms with Crippen molar-refractivity contribution in [2.75, 3.05) is 13.7 Å². The van der Waals surface area contributed by atoms with Gasteiger partial charge in [0.2, 0.25) is 35.4 Å². The number of carbonyl (C=O) groups excluding carboxylic acids is 7. The fourth-order valence-corrected chi connectivity index (χ4v) is 5.31. The van der Waals surface area contributed by atoms with Crippen LogP contribution in [-0.2, 0) is 44.7 Å². The van der Waals surface area contributed by atoms with Gasteiger partial charge in [-0.1, -0.05) is 27.7 Å². The van der Waals surface area contributed by atoms with Crippen LogP contribution in [0.5, 0.6) is 0 Å². The Morgan fingerprint density at radius 1 is 0.774 bits per heavy atom. The molecule has 1 aromatic rings. The van der Waals surface area contributed by atoms with E-state index in [-0.39, 0.29) is 43.9 Å². The Balaban J connectivity index is 3.33. The second-order valence-corrected chi connectivity index (χ2v) is 13.9. The van der Waals surface area contributed by atoms with E-state index >= 15 is 0 Å². The van der Waals surface area contributed by atoms with Gasteiger partial charge in [0.15, 0.2) is 6.04 Å². The number of H-pyrrole nitrogens is 1. The number of aliphatic hydroxyl groups excluding tert-OH is 1. The molecule has 0 unspecified atom stereocenters. The van der Waals surface area contributed by atoms with Crippen LogP contribution in [0.3, 0.4) is 0 Å². The number of primary amides is 1. The van der Waals surface area contributed by atoms with E-state index in [2.05, 4.69) is 41.3 Å². The standard InChI is InChI=1S/C34H60N10O9/c1-18(2)13-22(36)29(47)42-26(15-21-16-38-17-39-21)33(51)40-23(9-7-8-12-35)30(48)43-25(14-19(3)4)32(50)41-24(10-11-27(37)46)31(49)44-28(20(5)45)34(52)53-6/h16-20,22-26,28,45H,7-15,35-36H2,1-6H3,(H2,37,46)(H,38,39)(H,40,51)(H,41,50)(H,42,47)(H,43,48)(H,44,49)/t20-,22+,23+,24+,25+,26+,28+/m1/s1. The predicted octanol–water partition coefficient (Wildman–Crippen LogP) is -2.26. The van der Waals surface area contributed by atoms with Crippen molar-refractivity contribution in [1.82, 2.24) is 36.6 Å². The lowest BCUT2D eigenvalue weighted by Gasteiger charge is -2.28. The number of hydrogen-bond donors (Lipinski definition) is 10. The number of aromatic nitrogens is 2. The maximum absolute atomic E-state index is 13.8. The SMILES string of the molecule is COC(=O)[C@@H](NC(=O)[C@H](CCC(N)=O)NC(=O)[C@H](CC(C)C)NC(=O)[C@H](CCCCN)NC(=O)[C@H](Cc1cnc[nH]1)NC(=O)[C@@H](N)CC(C)C)[C@@H](C)O. The van der Waals surface area contributed by atoms with Crippen molar-refractivity contribution < 1.29 is 43.4 Å². The number of aliphatic hydroxyl groups is 1. The normalized spacial score (nSPS) is 15.2. The molecule has 0 saturated heterocycles. The molecule has 7 atom stereocenters. The van der Waals surface area contributed by atoms with Gasteiger partial charge in [-0.2, -0.15) is 0 Å². The average molecular weight is 753 g/mol. The van der Waals surface area contributed by atoms with E-state index < -0.39 is 83.8 Å². The lowest BCUT2D eigenvalue weighted by Crippen LogP contribution is -2.60. The van der Waals surface area contributed by atoms with Crippen molar-refractivity contribution in [3.05, 3.63) is 18.2 Å². The highest BCUT2D eigenvalue weighted by molar-refractivity contribution is 5.96. The quantitative estimate of drug-likeness (QED) is 0.0374. The van der Waals surface area contributed by atoms with Crippen LogP contribution in [0, 0.1) is 11.8 Å².